The number of fused-ring (bicyclic) bond motifs is 1. The molecule has 0 bridgehead atoms. The zero-order valence-corrected chi connectivity index (χ0v) is 10.6. The Kier molecular flexibility index (Phi) is 3.19. The van der Waals surface area contributed by atoms with Gasteiger partial charge in [0.2, 0.25) is 5.65 Å². The molecule has 90 valence electrons. The first kappa shape index (κ1) is 11.7. The van der Waals surface area contributed by atoms with Gasteiger partial charge in [0.15, 0.2) is 5.82 Å². The van der Waals surface area contributed by atoms with Gasteiger partial charge < -0.3 is 10.6 Å². The SMILES string of the molecule is CC(CC(N)=S)N(C)c1nccn2cnnc12. The van der Waals surface area contributed by atoms with Crippen molar-refractivity contribution in [2.75, 3.05) is 11.9 Å². The summed E-state index contributed by atoms with van der Waals surface area (Å²) in [5.74, 6) is 0.772. The predicted molar refractivity (Wildman–Crippen MR) is 70.0 cm³/mol. The highest BCUT2D eigenvalue weighted by atomic mass is 32.1. The summed E-state index contributed by atoms with van der Waals surface area (Å²) in [7, 11) is 1.94. The average molecular weight is 250 g/mol. The Morgan fingerprint density at radius 3 is 3.12 bits per heavy atom. The van der Waals surface area contributed by atoms with Gasteiger partial charge in [-0.25, -0.2) is 4.98 Å². The highest BCUT2D eigenvalue weighted by Crippen LogP contribution is 2.17. The maximum atomic E-state index is 5.55. The van der Waals surface area contributed by atoms with Crippen molar-refractivity contribution in [3.63, 3.8) is 0 Å². The molecule has 0 spiro atoms. The molecule has 17 heavy (non-hydrogen) atoms. The number of hydrogen-bond donors (Lipinski definition) is 1. The smallest absolute Gasteiger partial charge is 0.203 e. The van der Waals surface area contributed by atoms with Crippen LogP contribution in [0.1, 0.15) is 13.3 Å². The number of thiocarbonyl (C=S) groups is 1. The van der Waals surface area contributed by atoms with Crippen LogP contribution in [-0.2, 0) is 0 Å². The highest BCUT2D eigenvalue weighted by Gasteiger charge is 2.16. The van der Waals surface area contributed by atoms with E-state index in [1.807, 2.05) is 29.5 Å². The summed E-state index contributed by atoms with van der Waals surface area (Å²) in [5.41, 5.74) is 6.28. The zero-order chi connectivity index (χ0) is 12.4. The van der Waals surface area contributed by atoms with E-state index in [9.17, 15) is 0 Å². The number of anilines is 1. The van der Waals surface area contributed by atoms with E-state index in [1.54, 1.807) is 12.5 Å². The van der Waals surface area contributed by atoms with Crippen molar-refractivity contribution in [2.24, 2.45) is 5.73 Å². The monoisotopic (exact) mass is 250 g/mol. The molecule has 0 amide bonds. The molecular weight excluding hydrogens is 236 g/mol. The Morgan fingerprint density at radius 1 is 1.65 bits per heavy atom. The van der Waals surface area contributed by atoms with Gasteiger partial charge in [0.1, 0.15) is 6.33 Å². The van der Waals surface area contributed by atoms with Gasteiger partial charge >= 0.3 is 0 Å². The number of nitrogens with zero attached hydrogens (tertiary/aromatic N) is 5. The zero-order valence-electron chi connectivity index (χ0n) is 9.74. The fourth-order valence-electron chi connectivity index (χ4n) is 1.63. The lowest BCUT2D eigenvalue weighted by Gasteiger charge is -2.25. The van der Waals surface area contributed by atoms with Crippen LogP contribution in [0.15, 0.2) is 18.7 Å². The normalized spacial score (nSPS) is 12.6. The largest absolute Gasteiger partial charge is 0.393 e. The molecule has 2 aromatic rings. The van der Waals surface area contributed by atoms with Crippen LogP contribution < -0.4 is 10.6 Å². The Balaban J connectivity index is 2.32. The first-order valence-electron chi connectivity index (χ1n) is 5.25. The third kappa shape index (κ3) is 2.33. The second-order valence-corrected chi connectivity index (χ2v) is 4.47. The standard InChI is InChI=1S/C10H14N6S/c1-7(5-8(11)17)15(2)9-10-14-13-6-16(10)4-3-12-9/h3-4,6-7H,5H2,1-2H3,(H2,11,17). The average Bonchev–Trinajstić information content (AvgIpc) is 2.74. The lowest BCUT2D eigenvalue weighted by atomic mass is 10.2. The molecule has 0 saturated carbocycles. The quantitative estimate of drug-likeness (QED) is 0.802. The van der Waals surface area contributed by atoms with Gasteiger partial charge in [-0.1, -0.05) is 12.2 Å². The molecule has 1 unspecified atom stereocenters. The van der Waals surface area contributed by atoms with Gasteiger partial charge in [0.05, 0.1) is 4.99 Å². The van der Waals surface area contributed by atoms with E-state index < -0.39 is 0 Å². The molecule has 0 aliphatic rings. The number of hydrogen-bond acceptors (Lipinski definition) is 5. The molecule has 2 heterocycles. The Morgan fingerprint density at radius 2 is 2.41 bits per heavy atom. The molecule has 0 aliphatic heterocycles. The van der Waals surface area contributed by atoms with Crippen molar-refractivity contribution in [2.45, 2.75) is 19.4 Å². The maximum absolute atomic E-state index is 5.55. The van der Waals surface area contributed by atoms with Gasteiger partial charge in [-0.2, -0.15) is 0 Å². The van der Waals surface area contributed by atoms with E-state index >= 15 is 0 Å². The lowest BCUT2D eigenvalue weighted by molar-refractivity contribution is 0.705. The summed E-state index contributed by atoms with van der Waals surface area (Å²) in [5, 5.41) is 7.91. The number of nitrogens with two attached hydrogens (primary N) is 1. The van der Waals surface area contributed by atoms with E-state index in [1.165, 1.54) is 0 Å². The minimum absolute atomic E-state index is 0.169. The molecule has 0 aliphatic carbocycles. The van der Waals surface area contributed by atoms with Crippen LogP contribution in [0.25, 0.3) is 5.65 Å². The molecule has 0 radical (unpaired) electrons. The second-order valence-electron chi connectivity index (χ2n) is 3.94. The van der Waals surface area contributed by atoms with Crippen LogP contribution in [0.5, 0.6) is 0 Å². The van der Waals surface area contributed by atoms with Crippen LogP contribution in [0.2, 0.25) is 0 Å². The second kappa shape index (κ2) is 4.62. The molecule has 0 saturated heterocycles. The first-order chi connectivity index (χ1) is 8.09. The molecular formula is C10H14N6S. The summed E-state index contributed by atoms with van der Waals surface area (Å²) >= 11 is 4.92. The van der Waals surface area contributed by atoms with Gasteiger partial charge in [0, 0.05) is 31.9 Å². The summed E-state index contributed by atoms with van der Waals surface area (Å²) in [4.78, 5) is 6.83. The fourth-order valence-corrected chi connectivity index (χ4v) is 1.87. The molecule has 2 N–H and O–H groups in total. The van der Waals surface area contributed by atoms with Crippen LogP contribution >= 0.6 is 12.2 Å². The van der Waals surface area contributed by atoms with Gasteiger partial charge in [-0.3, -0.25) is 4.40 Å². The summed E-state index contributed by atoms with van der Waals surface area (Å²) in [6.45, 7) is 2.04. The van der Waals surface area contributed by atoms with E-state index in [2.05, 4.69) is 15.2 Å². The summed E-state index contributed by atoms with van der Waals surface area (Å²) in [6, 6.07) is 0.169. The third-order valence-electron chi connectivity index (χ3n) is 2.69. The van der Waals surface area contributed by atoms with Crippen LogP contribution in [0.4, 0.5) is 5.82 Å². The Bertz CT molecular complexity index is 536. The van der Waals surface area contributed by atoms with E-state index in [4.69, 9.17) is 18.0 Å². The van der Waals surface area contributed by atoms with E-state index in [0.717, 1.165) is 11.5 Å². The Hall–Kier alpha value is -1.76. The maximum Gasteiger partial charge on any atom is 0.203 e. The van der Waals surface area contributed by atoms with Crippen LogP contribution in [0, 0.1) is 0 Å². The van der Waals surface area contributed by atoms with Crippen molar-refractivity contribution >= 4 is 28.7 Å². The van der Waals surface area contributed by atoms with E-state index in [0.29, 0.717) is 11.4 Å². The molecule has 2 rings (SSSR count). The summed E-state index contributed by atoms with van der Waals surface area (Å²) in [6.07, 6.45) is 5.82. The first-order valence-corrected chi connectivity index (χ1v) is 5.66. The fraction of sp³-hybridized carbons (Fsp3) is 0.400. The van der Waals surface area contributed by atoms with Gasteiger partial charge in [-0.05, 0) is 6.92 Å². The molecule has 2 aromatic heterocycles. The molecule has 0 fully saturated rings. The predicted octanol–water partition coefficient (Wildman–Crippen LogP) is 0.625. The van der Waals surface area contributed by atoms with Crippen molar-refractivity contribution in [3.8, 4) is 0 Å². The third-order valence-corrected chi connectivity index (χ3v) is 2.86. The van der Waals surface area contributed by atoms with Crippen LogP contribution in [-0.4, -0.2) is 37.7 Å². The van der Waals surface area contributed by atoms with Gasteiger partial charge in [-0.15, -0.1) is 10.2 Å². The van der Waals surface area contributed by atoms with Gasteiger partial charge in [0.25, 0.3) is 0 Å². The summed E-state index contributed by atoms with van der Waals surface area (Å²) < 4.78 is 1.83. The van der Waals surface area contributed by atoms with Crippen molar-refractivity contribution in [3.05, 3.63) is 18.7 Å². The number of aromatic nitrogens is 4. The topological polar surface area (TPSA) is 72.3 Å². The molecule has 1 atom stereocenters. The Labute approximate surface area is 104 Å². The highest BCUT2D eigenvalue weighted by molar-refractivity contribution is 7.80. The number of rotatable bonds is 4. The minimum atomic E-state index is 0.169. The molecule has 0 aromatic carbocycles. The van der Waals surface area contributed by atoms with E-state index in [-0.39, 0.29) is 6.04 Å². The molecule has 7 heteroatoms. The van der Waals surface area contributed by atoms with Crippen molar-refractivity contribution < 1.29 is 0 Å². The van der Waals surface area contributed by atoms with Crippen LogP contribution in [0.3, 0.4) is 0 Å². The molecule has 6 nitrogen and oxygen atoms in total. The lowest BCUT2D eigenvalue weighted by Crippen LogP contribution is -2.33. The van der Waals surface area contributed by atoms with Crippen molar-refractivity contribution in [1.29, 1.82) is 0 Å². The minimum Gasteiger partial charge on any atom is -0.393 e. The van der Waals surface area contributed by atoms with Crippen molar-refractivity contribution in [1.82, 2.24) is 19.6 Å².